The molecule has 0 bridgehead atoms. The smallest absolute Gasteiger partial charge is 0.158 e. The highest BCUT2D eigenvalue weighted by Crippen LogP contribution is 2.24. The summed E-state index contributed by atoms with van der Waals surface area (Å²) >= 11 is 0. The third-order valence-electron chi connectivity index (χ3n) is 2.64. The van der Waals surface area contributed by atoms with Gasteiger partial charge in [0.15, 0.2) is 5.78 Å². The Hall–Kier alpha value is -1.57. The van der Waals surface area contributed by atoms with E-state index in [0.29, 0.717) is 6.42 Å². The summed E-state index contributed by atoms with van der Waals surface area (Å²) in [6, 6.07) is 7.77. The maximum atomic E-state index is 11.4. The third kappa shape index (κ3) is 2.27. The number of allylic oxidation sites excluding steroid dienone is 1. The topological polar surface area (TPSA) is 26.3 Å². The van der Waals surface area contributed by atoms with Crippen LogP contribution in [-0.2, 0) is 4.79 Å². The average Bonchev–Trinajstić information content (AvgIpc) is 2.65. The molecule has 1 aromatic carbocycles. The van der Waals surface area contributed by atoms with Gasteiger partial charge in [-0.25, -0.2) is 0 Å². The normalized spacial score (nSPS) is 18.5. The number of hydrogen-bond acceptors (Lipinski definition) is 2. The molecule has 0 radical (unpaired) electrons. The van der Waals surface area contributed by atoms with E-state index >= 15 is 0 Å². The first-order chi connectivity index (χ1) is 7.29. The molecule has 0 aliphatic heterocycles. The van der Waals surface area contributed by atoms with Crippen LogP contribution in [0, 0.1) is 0 Å². The van der Waals surface area contributed by atoms with E-state index in [1.807, 2.05) is 30.3 Å². The molecule has 0 saturated heterocycles. The highest BCUT2D eigenvalue weighted by molar-refractivity contribution is 6.01. The molecule has 1 aliphatic carbocycles. The van der Waals surface area contributed by atoms with Crippen molar-refractivity contribution in [2.75, 3.05) is 7.11 Å². The van der Waals surface area contributed by atoms with Crippen molar-refractivity contribution in [3.05, 3.63) is 35.4 Å². The lowest BCUT2D eigenvalue weighted by molar-refractivity contribution is -0.114. The van der Waals surface area contributed by atoms with Gasteiger partial charge in [0.1, 0.15) is 5.75 Å². The second-order valence-electron chi connectivity index (χ2n) is 3.72. The molecule has 0 amide bonds. The fourth-order valence-electron chi connectivity index (χ4n) is 1.82. The number of carbonyl (C=O) groups is 1. The summed E-state index contributed by atoms with van der Waals surface area (Å²) in [5.74, 6) is 1.12. The second-order valence-corrected chi connectivity index (χ2v) is 3.72. The van der Waals surface area contributed by atoms with Crippen LogP contribution in [0.15, 0.2) is 29.8 Å². The Balaban J connectivity index is 2.26. The summed E-state index contributed by atoms with van der Waals surface area (Å²) in [5.41, 5.74) is 1.99. The molecule has 2 rings (SSSR count). The summed E-state index contributed by atoms with van der Waals surface area (Å²) in [4.78, 5) is 11.4. The van der Waals surface area contributed by atoms with Crippen LogP contribution >= 0.6 is 0 Å². The quantitative estimate of drug-likeness (QED) is 0.689. The monoisotopic (exact) mass is 202 g/mol. The van der Waals surface area contributed by atoms with Crippen LogP contribution < -0.4 is 4.74 Å². The Kier molecular flexibility index (Phi) is 2.86. The fraction of sp³-hybridized carbons (Fsp3) is 0.308. The predicted molar refractivity (Wildman–Crippen MR) is 59.8 cm³/mol. The molecular weight excluding hydrogens is 188 g/mol. The molecule has 1 saturated carbocycles. The van der Waals surface area contributed by atoms with Crippen LogP contribution in [0.25, 0.3) is 6.08 Å². The molecular formula is C13H14O2. The largest absolute Gasteiger partial charge is 0.497 e. The van der Waals surface area contributed by atoms with Crippen LogP contribution in [-0.4, -0.2) is 12.9 Å². The Morgan fingerprint density at radius 2 is 2.20 bits per heavy atom. The molecule has 0 N–H and O–H groups in total. The molecule has 1 aromatic rings. The lowest BCUT2D eigenvalue weighted by Crippen LogP contribution is -1.91. The molecule has 2 nitrogen and oxygen atoms in total. The zero-order chi connectivity index (χ0) is 10.7. The molecule has 2 heteroatoms. The van der Waals surface area contributed by atoms with Gasteiger partial charge in [-0.05, 0) is 42.2 Å². The minimum absolute atomic E-state index is 0.290. The van der Waals surface area contributed by atoms with Crippen molar-refractivity contribution in [2.45, 2.75) is 19.3 Å². The van der Waals surface area contributed by atoms with Gasteiger partial charge in [0, 0.05) is 6.42 Å². The minimum atomic E-state index is 0.290. The van der Waals surface area contributed by atoms with E-state index in [9.17, 15) is 4.79 Å². The number of ketones is 1. The third-order valence-corrected chi connectivity index (χ3v) is 2.64. The molecule has 1 fully saturated rings. The van der Waals surface area contributed by atoms with Crippen molar-refractivity contribution >= 4 is 11.9 Å². The number of carbonyl (C=O) groups excluding carboxylic acids is 1. The van der Waals surface area contributed by atoms with E-state index in [1.54, 1.807) is 7.11 Å². The number of ether oxygens (including phenoxy) is 1. The maximum Gasteiger partial charge on any atom is 0.158 e. The lowest BCUT2D eigenvalue weighted by Gasteiger charge is -2.01. The number of benzene rings is 1. The standard InChI is InChI=1S/C13H14O2/c1-15-12-6-2-4-10(9-12)8-11-5-3-7-13(11)14/h2,4,6,8-9H,3,5,7H2,1H3. The average molecular weight is 202 g/mol. The van der Waals surface area contributed by atoms with Crippen LogP contribution in [0.1, 0.15) is 24.8 Å². The molecule has 0 aromatic heterocycles. The van der Waals surface area contributed by atoms with E-state index in [4.69, 9.17) is 4.74 Å². The van der Waals surface area contributed by atoms with Crippen molar-refractivity contribution in [3.63, 3.8) is 0 Å². The van der Waals surface area contributed by atoms with Gasteiger partial charge in [-0.1, -0.05) is 12.1 Å². The summed E-state index contributed by atoms with van der Waals surface area (Å²) in [6.45, 7) is 0. The van der Waals surface area contributed by atoms with E-state index < -0.39 is 0 Å². The van der Waals surface area contributed by atoms with Gasteiger partial charge >= 0.3 is 0 Å². The fourth-order valence-corrected chi connectivity index (χ4v) is 1.82. The highest BCUT2D eigenvalue weighted by atomic mass is 16.5. The molecule has 15 heavy (non-hydrogen) atoms. The summed E-state index contributed by atoms with van der Waals surface area (Å²) in [7, 11) is 1.65. The van der Waals surface area contributed by atoms with Crippen molar-refractivity contribution < 1.29 is 9.53 Å². The Morgan fingerprint density at radius 1 is 1.33 bits per heavy atom. The van der Waals surface area contributed by atoms with E-state index in [2.05, 4.69) is 0 Å². The first-order valence-electron chi connectivity index (χ1n) is 5.17. The molecule has 0 atom stereocenters. The van der Waals surface area contributed by atoms with E-state index in [0.717, 1.165) is 29.7 Å². The van der Waals surface area contributed by atoms with Gasteiger partial charge in [0.25, 0.3) is 0 Å². The van der Waals surface area contributed by atoms with Crippen molar-refractivity contribution in [3.8, 4) is 5.75 Å². The summed E-state index contributed by atoms with van der Waals surface area (Å²) in [6.07, 6.45) is 4.58. The van der Waals surface area contributed by atoms with Crippen molar-refractivity contribution in [2.24, 2.45) is 0 Å². The maximum absolute atomic E-state index is 11.4. The van der Waals surface area contributed by atoms with Crippen LogP contribution in [0.5, 0.6) is 5.75 Å². The highest BCUT2D eigenvalue weighted by Gasteiger charge is 2.16. The van der Waals surface area contributed by atoms with Crippen LogP contribution in [0.2, 0.25) is 0 Å². The first-order valence-corrected chi connectivity index (χ1v) is 5.17. The second kappa shape index (κ2) is 4.30. The predicted octanol–water partition coefficient (Wildman–Crippen LogP) is 2.83. The van der Waals surface area contributed by atoms with Gasteiger partial charge in [-0.15, -0.1) is 0 Å². The zero-order valence-electron chi connectivity index (χ0n) is 8.82. The number of methoxy groups -OCH3 is 1. The summed E-state index contributed by atoms with van der Waals surface area (Å²) in [5, 5.41) is 0. The number of rotatable bonds is 2. The summed E-state index contributed by atoms with van der Waals surface area (Å²) < 4.78 is 5.13. The van der Waals surface area contributed by atoms with E-state index in [-0.39, 0.29) is 5.78 Å². The molecule has 0 heterocycles. The van der Waals surface area contributed by atoms with Crippen LogP contribution in [0.3, 0.4) is 0 Å². The number of hydrogen-bond donors (Lipinski definition) is 0. The van der Waals surface area contributed by atoms with Gasteiger partial charge in [0.05, 0.1) is 7.11 Å². The Bertz CT molecular complexity index is 405. The lowest BCUT2D eigenvalue weighted by atomic mass is 10.1. The van der Waals surface area contributed by atoms with Gasteiger partial charge in [0.2, 0.25) is 0 Å². The van der Waals surface area contributed by atoms with Gasteiger partial charge in [-0.3, -0.25) is 4.79 Å². The Morgan fingerprint density at radius 3 is 2.87 bits per heavy atom. The van der Waals surface area contributed by atoms with Crippen molar-refractivity contribution in [1.29, 1.82) is 0 Å². The van der Waals surface area contributed by atoms with Crippen molar-refractivity contribution in [1.82, 2.24) is 0 Å². The molecule has 78 valence electrons. The molecule has 1 aliphatic rings. The zero-order valence-corrected chi connectivity index (χ0v) is 8.82. The minimum Gasteiger partial charge on any atom is -0.497 e. The van der Waals surface area contributed by atoms with Gasteiger partial charge < -0.3 is 4.74 Å². The molecule has 0 unspecified atom stereocenters. The first kappa shape index (κ1) is 9.97. The van der Waals surface area contributed by atoms with Crippen LogP contribution in [0.4, 0.5) is 0 Å². The van der Waals surface area contributed by atoms with E-state index in [1.165, 1.54) is 0 Å². The number of Topliss-reactive ketones (excluding diaryl/α,β-unsaturated/α-hetero) is 1. The van der Waals surface area contributed by atoms with Gasteiger partial charge in [-0.2, -0.15) is 0 Å². The molecule has 0 spiro atoms. The SMILES string of the molecule is COc1cccc(C=C2CCCC2=O)c1. The Labute approximate surface area is 89.6 Å².